The van der Waals surface area contributed by atoms with Crippen LogP contribution in [0.2, 0.25) is 0 Å². The second kappa shape index (κ2) is 8.05. The van der Waals surface area contributed by atoms with Crippen molar-refractivity contribution < 1.29 is 14.7 Å². The van der Waals surface area contributed by atoms with Crippen molar-refractivity contribution in [3.63, 3.8) is 0 Å². The second-order valence-corrected chi connectivity index (χ2v) is 6.62. The van der Waals surface area contributed by atoms with E-state index < -0.39 is 11.9 Å². The molecule has 1 rings (SSSR count). The van der Waals surface area contributed by atoms with Gasteiger partial charge in [0.2, 0.25) is 0 Å². The number of amides is 2. The Morgan fingerprint density at radius 3 is 2.57 bits per heavy atom. The molecule has 1 aliphatic carbocycles. The first-order valence-corrected chi connectivity index (χ1v) is 7.79. The number of urea groups is 1. The lowest BCUT2D eigenvalue weighted by Crippen LogP contribution is -2.44. The Morgan fingerprint density at radius 1 is 1.29 bits per heavy atom. The summed E-state index contributed by atoms with van der Waals surface area (Å²) in [6.45, 7) is 7.11. The zero-order valence-electron chi connectivity index (χ0n) is 13.3. The number of carboxylic acid groups (broad SMARTS) is 1. The molecule has 1 aliphatic rings. The number of carbonyl (C=O) groups is 2. The fourth-order valence-electron chi connectivity index (χ4n) is 2.47. The second-order valence-electron chi connectivity index (χ2n) is 6.62. The zero-order valence-corrected chi connectivity index (χ0v) is 13.3. The van der Waals surface area contributed by atoms with Gasteiger partial charge >= 0.3 is 12.0 Å². The van der Waals surface area contributed by atoms with Crippen LogP contribution in [0, 0.1) is 11.3 Å². The van der Waals surface area contributed by atoms with Gasteiger partial charge in [-0.15, -0.1) is 0 Å². The molecule has 0 aromatic carbocycles. The highest BCUT2D eigenvalue weighted by Gasteiger charge is 2.26. The maximum atomic E-state index is 11.8. The largest absolute Gasteiger partial charge is 0.481 e. The first kappa shape index (κ1) is 17.5. The molecule has 0 heterocycles. The maximum Gasteiger partial charge on any atom is 0.315 e. The Labute approximate surface area is 127 Å². The highest BCUT2D eigenvalue weighted by atomic mass is 16.4. The normalized spacial score (nSPS) is 21.3. The van der Waals surface area contributed by atoms with Crippen LogP contribution in [0.25, 0.3) is 0 Å². The minimum absolute atomic E-state index is 0.0849. The van der Waals surface area contributed by atoms with Gasteiger partial charge < -0.3 is 15.7 Å². The van der Waals surface area contributed by atoms with Crippen molar-refractivity contribution >= 4 is 12.0 Å². The van der Waals surface area contributed by atoms with Gasteiger partial charge in [0.25, 0.3) is 0 Å². The lowest BCUT2D eigenvalue weighted by Gasteiger charge is -2.25. The van der Waals surface area contributed by atoms with E-state index in [4.69, 9.17) is 5.11 Å². The number of carboxylic acids is 1. The molecule has 0 spiro atoms. The maximum absolute atomic E-state index is 11.8. The highest BCUT2D eigenvalue weighted by molar-refractivity contribution is 5.76. The lowest BCUT2D eigenvalue weighted by molar-refractivity contribution is -0.140. The number of carbonyl (C=O) groups excluding carboxylic acids is 1. The molecule has 2 unspecified atom stereocenters. The summed E-state index contributed by atoms with van der Waals surface area (Å²) >= 11 is 0. The molecular formula is C16H28N2O3. The molecule has 3 N–H and O–H groups in total. The molecule has 0 fully saturated rings. The molecule has 0 saturated heterocycles. The Hall–Kier alpha value is -1.52. The molecule has 2 amide bonds. The molecule has 5 heteroatoms. The van der Waals surface area contributed by atoms with E-state index in [0.29, 0.717) is 13.0 Å². The van der Waals surface area contributed by atoms with Crippen LogP contribution in [0.3, 0.4) is 0 Å². The number of hydrogen-bond acceptors (Lipinski definition) is 2. The van der Waals surface area contributed by atoms with Gasteiger partial charge in [-0.3, -0.25) is 4.79 Å². The molecule has 0 aliphatic heterocycles. The Kier molecular flexibility index (Phi) is 6.72. The van der Waals surface area contributed by atoms with Crippen LogP contribution in [0.15, 0.2) is 12.2 Å². The predicted molar refractivity (Wildman–Crippen MR) is 83.1 cm³/mol. The van der Waals surface area contributed by atoms with Crippen LogP contribution in [0.5, 0.6) is 0 Å². The topological polar surface area (TPSA) is 78.4 Å². The first-order valence-electron chi connectivity index (χ1n) is 7.79. The summed E-state index contributed by atoms with van der Waals surface area (Å²) in [5.74, 6) is -1.33. The molecule has 5 nitrogen and oxygen atoms in total. The van der Waals surface area contributed by atoms with Crippen LogP contribution in [-0.4, -0.2) is 29.7 Å². The summed E-state index contributed by atoms with van der Waals surface area (Å²) < 4.78 is 0. The van der Waals surface area contributed by atoms with Crippen LogP contribution in [0.1, 0.15) is 52.9 Å². The molecule has 2 atom stereocenters. The van der Waals surface area contributed by atoms with Gasteiger partial charge in [-0.05, 0) is 18.3 Å². The van der Waals surface area contributed by atoms with Crippen molar-refractivity contribution in [3.8, 4) is 0 Å². The van der Waals surface area contributed by atoms with E-state index >= 15 is 0 Å². The first-order chi connectivity index (χ1) is 9.84. The fraction of sp³-hybridized carbons (Fsp3) is 0.750. The molecular weight excluding hydrogens is 268 g/mol. The van der Waals surface area contributed by atoms with Crippen LogP contribution < -0.4 is 10.6 Å². The smallest absolute Gasteiger partial charge is 0.315 e. The summed E-state index contributed by atoms with van der Waals surface area (Å²) in [4.78, 5) is 22.7. The van der Waals surface area contributed by atoms with E-state index in [9.17, 15) is 9.59 Å². The van der Waals surface area contributed by atoms with Crippen molar-refractivity contribution in [2.75, 3.05) is 6.54 Å². The molecule has 21 heavy (non-hydrogen) atoms. The number of unbranched alkanes of at least 4 members (excludes halogenated alkanes) is 2. The number of hydrogen-bond donors (Lipinski definition) is 3. The van der Waals surface area contributed by atoms with E-state index in [0.717, 1.165) is 6.42 Å². The van der Waals surface area contributed by atoms with Gasteiger partial charge in [0.1, 0.15) is 0 Å². The minimum atomic E-state index is -0.840. The third kappa shape index (κ3) is 6.65. The van der Waals surface area contributed by atoms with Crippen molar-refractivity contribution in [3.05, 3.63) is 12.2 Å². The van der Waals surface area contributed by atoms with Crippen molar-refractivity contribution in [2.24, 2.45) is 11.3 Å². The van der Waals surface area contributed by atoms with Crippen LogP contribution >= 0.6 is 0 Å². The quantitative estimate of drug-likeness (QED) is 0.476. The van der Waals surface area contributed by atoms with E-state index in [1.165, 1.54) is 19.3 Å². The van der Waals surface area contributed by atoms with Crippen LogP contribution in [0.4, 0.5) is 4.79 Å². The SMILES string of the molecule is CCCCCC(C)(C)CNC(=O)NC1C=CC(C(=O)O)C1. The van der Waals surface area contributed by atoms with Crippen LogP contribution in [-0.2, 0) is 4.79 Å². The average molecular weight is 296 g/mol. The number of nitrogens with one attached hydrogen (secondary N) is 2. The van der Waals surface area contributed by atoms with Gasteiger partial charge in [-0.25, -0.2) is 4.79 Å². The van der Waals surface area contributed by atoms with Crippen molar-refractivity contribution in [1.29, 1.82) is 0 Å². The molecule has 0 aromatic heterocycles. The summed E-state index contributed by atoms with van der Waals surface area (Å²) in [7, 11) is 0. The summed E-state index contributed by atoms with van der Waals surface area (Å²) in [5, 5.41) is 14.6. The summed E-state index contributed by atoms with van der Waals surface area (Å²) in [6.07, 6.45) is 8.52. The Bertz CT molecular complexity index is 391. The Balaban J connectivity index is 2.25. The summed E-state index contributed by atoms with van der Waals surface area (Å²) in [5.41, 5.74) is 0.0849. The predicted octanol–water partition coefficient (Wildman–Crippen LogP) is 2.92. The van der Waals surface area contributed by atoms with Gasteiger partial charge in [0, 0.05) is 6.54 Å². The van der Waals surface area contributed by atoms with Gasteiger partial charge in [-0.1, -0.05) is 52.2 Å². The van der Waals surface area contributed by atoms with E-state index in [2.05, 4.69) is 31.4 Å². The minimum Gasteiger partial charge on any atom is -0.481 e. The lowest BCUT2D eigenvalue weighted by atomic mass is 9.87. The molecule has 0 radical (unpaired) electrons. The van der Waals surface area contributed by atoms with Gasteiger partial charge in [0.15, 0.2) is 0 Å². The van der Waals surface area contributed by atoms with E-state index in [1.54, 1.807) is 12.2 Å². The Morgan fingerprint density at radius 2 is 2.00 bits per heavy atom. The fourth-order valence-corrected chi connectivity index (χ4v) is 2.47. The van der Waals surface area contributed by atoms with E-state index in [-0.39, 0.29) is 17.5 Å². The zero-order chi connectivity index (χ0) is 15.9. The van der Waals surface area contributed by atoms with Crippen molar-refractivity contribution in [2.45, 2.75) is 58.9 Å². The summed E-state index contributed by atoms with van der Waals surface area (Å²) in [6, 6.07) is -0.409. The third-order valence-corrected chi connectivity index (χ3v) is 3.90. The van der Waals surface area contributed by atoms with E-state index in [1.807, 2.05) is 0 Å². The van der Waals surface area contributed by atoms with Gasteiger partial charge in [0.05, 0.1) is 12.0 Å². The molecule has 0 saturated carbocycles. The standard InChI is InChI=1S/C16H28N2O3/c1-4-5-6-9-16(2,3)11-17-15(21)18-13-8-7-12(10-13)14(19)20/h7-8,12-13H,4-6,9-11H2,1-3H3,(H,19,20)(H2,17,18,21). The third-order valence-electron chi connectivity index (χ3n) is 3.90. The monoisotopic (exact) mass is 296 g/mol. The molecule has 120 valence electrons. The highest BCUT2D eigenvalue weighted by Crippen LogP contribution is 2.22. The van der Waals surface area contributed by atoms with Gasteiger partial charge in [-0.2, -0.15) is 0 Å². The average Bonchev–Trinajstić information content (AvgIpc) is 2.85. The molecule has 0 aromatic rings. The van der Waals surface area contributed by atoms with Crippen molar-refractivity contribution in [1.82, 2.24) is 10.6 Å². The number of rotatable bonds is 8. The number of aliphatic carboxylic acids is 1. The molecule has 0 bridgehead atoms.